The molecule has 2 atom stereocenters. The number of phosphoric ester groups is 1. The molecule has 276 valence electrons. The van der Waals surface area contributed by atoms with Crippen molar-refractivity contribution in [1.29, 1.82) is 0 Å². The molecular formula is C37H70NO8P. The smallest absolute Gasteiger partial charge is 0.306 e. The quantitative estimate of drug-likeness (QED) is 0.0221. The van der Waals surface area contributed by atoms with E-state index in [0.29, 0.717) is 17.4 Å². The summed E-state index contributed by atoms with van der Waals surface area (Å²) in [6, 6.07) is 0. The number of quaternary nitrogens is 1. The summed E-state index contributed by atoms with van der Waals surface area (Å²) in [5.74, 6) is -0.856. The first-order valence-corrected chi connectivity index (χ1v) is 20.0. The van der Waals surface area contributed by atoms with Crippen molar-refractivity contribution < 1.29 is 42.1 Å². The van der Waals surface area contributed by atoms with E-state index in [2.05, 4.69) is 38.2 Å². The van der Waals surface area contributed by atoms with Crippen molar-refractivity contribution >= 4 is 19.8 Å². The minimum absolute atomic E-state index is 0.0326. The average Bonchev–Trinajstić information content (AvgIpc) is 3.01. The minimum Gasteiger partial charge on any atom is -0.756 e. The number of unbranched alkanes of at least 4 members (excludes halogenated alkanes) is 15. The SMILES string of the molecule is CCCCC/C=C\C/C=C\CCCCCCCC(=O)OC(COC(=O)CCCCCCCCCC)COP(=O)([O-])OCC[N+](C)(C)C. The van der Waals surface area contributed by atoms with Gasteiger partial charge in [0.05, 0.1) is 27.7 Å². The Balaban J connectivity index is 4.46. The molecule has 0 radical (unpaired) electrons. The van der Waals surface area contributed by atoms with E-state index in [4.69, 9.17) is 18.5 Å². The van der Waals surface area contributed by atoms with Gasteiger partial charge in [0.25, 0.3) is 7.82 Å². The summed E-state index contributed by atoms with van der Waals surface area (Å²) in [6.07, 6.45) is 29.3. The van der Waals surface area contributed by atoms with E-state index < -0.39 is 32.5 Å². The molecule has 0 aliphatic carbocycles. The van der Waals surface area contributed by atoms with E-state index in [-0.39, 0.29) is 26.1 Å². The zero-order valence-corrected chi connectivity index (χ0v) is 31.6. The second-order valence-electron chi connectivity index (χ2n) is 13.6. The van der Waals surface area contributed by atoms with Crippen LogP contribution in [-0.2, 0) is 32.7 Å². The van der Waals surface area contributed by atoms with Crippen LogP contribution in [0.15, 0.2) is 24.3 Å². The highest BCUT2D eigenvalue weighted by molar-refractivity contribution is 7.45. The fourth-order valence-electron chi connectivity index (χ4n) is 4.74. The summed E-state index contributed by atoms with van der Waals surface area (Å²) >= 11 is 0. The van der Waals surface area contributed by atoms with Gasteiger partial charge in [-0.2, -0.15) is 0 Å². The van der Waals surface area contributed by atoms with Gasteiger partial charge in [-0.1, -0.05) is 115 Å². The first-order chi connectivity index (χ1) is 22.5. The number of allylic oxidation sites excluding steroid dienone is 4. The zero-order valence-electron chi connectivity index (χ0n) is 30.7. The second-order valence-corrected chi connectivity index (χ2v) is 15.0. The molecule has 0 aromatic carbocycles. The van der Waals surface area contributed by atoms with E-state index in [9.17, 15) is 19.0 Å². The van der Waals surface area contributed by atoms with Gasteiger partial charge in [0.15, 0.2) is 6.10 Å². The topological polar surface area (TPSA) is 111 Å². The summed E-state index contributed by atoms with van der Waals surface area (Å²) in [6.45, 7) is 4.13. The van der Waals surface area contributed by atoms with E-state index in [1.54, 1.807) is 0 Å². The molecule has 0 aromatic rings. The molecule has 0 amide bonds. The number of likely N-dealkylation sites (N-methyl/N-ethyl adjacent to an activating group) is 1. The molecule has 0 spiro atoms. The summed E-state index contributed by atoms with van der Waals surface area (Å²) in [4.78, 5) is 37.2. The molecular weight excluding hydrogens is 617 g/mol. The Bertz CT molecular complexity index is 871. The molecule has 0 heterocycles. The van der Waals surface area contributed by atoms with Crippen molar-refractivity contribution in [2.24, 2.45) is 0 Å². The summed E-state index contributed by atoms with van der Waals surface area (Å²) in [5, 5.41) is 0. The van der Waals surface area contributed by atoms with Crippen LogP contribution >= 0.6 is 7.82 Å². The molecule has 0 bridgehead atoms. The number of rotatable bonds is 33. The largest absolute Gasteiger partial charge is 0.756 e. The van der Waals surface area contributed by atoms with Crippen LogP contribution in [-0.4, -0.2) is 70.0 Å². The van der Waals surface area contributed by atoms with Gasteiger partial charge in [-0.25, -0.2) is 0 Å². The molecule has 0 saturated carbocycles. The second kappa shape index (κ2) is 30.5. The van der Waals surface area contributed by atoms with Crippen molar-refractivity contribution in [2.75, 3.05) is 47.5 Å². The van der Waals surface area contributed by atoms with Gasteiger partial charge < -0.3 is 27.9 Å². The molecule has 0 aromatic heterocycles. The van der Waals surface area contributed by atoms with E-state index in [1.165, 1.54) is 57.8 Å². The van der Waals surface area contributed by atoms with Gasteiger partial charge in [0, 0.05) is 12.8 Å². The fraction of sp³-hybridized carbons (Fsp3) is 0.838. The summed E-state index contributed by atoms with van der Waals surface area (Å²) in [5.41, 5.74) is 0. The normalized spacial score (nSPS) is 14.1. The molecule has 0 saturated heterocycles. The summed E-state index contributed by atoms with van der Waals surface area (Å²) in [7, 11) is 1.15. The molecule has 0 fully saturated rings. The van der Waals surface area contributed by atoms with Crippen LogP contribution in [0.4, 0.5) is 0 Å². The third-order valence-electron chi connectivity index (χ3n) is 7.72. The van der Waals surface area contributed by atoms with Crippen LogP contribution in [0.3, 0.4) is 0 Å². The Morgan fingerprint density at radius 3 is 1.72 bits per heavy atom. The Hall–Kier alpha value is -1.51. The zero-order chi connectivity index (χ0) is 35.1. The number of phosphoric acid groups is 1. The number of hydrogen-bond donors (Lipinski definition) is 0. The number of nitrogens with zero attached hydrogens (tertiary/aromatic N) is 1. The fourth-order valence-corrected chi connectivity index (χ4v) is 5.47. The Morgan fingerprint density at radius 2 is 1.15 bits per heavy atom. The molecule has 0 rings (SSSR count). The van der Waals surface area contributed by atoms with Crippen molar-refractivity contribution in [2.45, 2.75) is 155 Å². The molecule has 10 heteroatoms. The highest BCUT2D eigenvalue weighted by Gasteiger charge is 2.21. The van der Waals surface area contributed by atoms with Crippen molar-refractivity contribution in [1.82, 2.24) is 0 Å². The highest BCUT2D eigenvalue weighted by atomic mass is 31.2. The van der Waals surface area contributed by atoms with Gasteiger partial charge in [0.1, 0.15) is 19.8 Å². The lowest BCUT2D eigenvalue weighted by Crippen LogP contribution is -2.37. The number of hydrogen-bond acceptors (Lipinski definition) is 8. The number of carbonyl (C=O) groups is 2. The van der Waals surface area contributed by atoms with E-state index in [1.807, 2.05) is 21.1 Å². The first kappa shape index (κ1) is 45.5. The molecule has 9 nitrogen and oxygen atoms in total. The predicted octanol–water partition coefficient (Wildman–Crippen LogP) is 8.99. The Kier molecular flexibility index (Phi) is 29.6. The summed E-state index contributed by atoms with van der Waals surface area (Å²) < 4.78 is 33.6. The standard InChI is InChI=1S/C37H70NO8P/c1-6-8-10-12-14-16-17-18-19-20-21-22-24-26-28-30-37(40)46-35(34-45-47(41,42)44-32-31-38(3,4)5)33-43-36(39)29-27-25-23-15-13-11-9-7-2/h14,16,18-19,35H,6-13,15,17,20-34H2,1-5H3/b16-14-,19-18-. The maximum atomic E-state index is 12.6. The van der Waals surface area contributed by atoms with Crippen LogP contribution in [0.25, 0.3) is 0 Å². The van der Waals surface area contributed by atoms with Crippen LogP contribution in [0.1, 0.15) is 149 Å². The minimum atomic E-state index is -4.61. The van der Waals surface area contributed by atoms with Gasteiger partial charge in [0.2, 0.25) is 0 Å². The van der Waals surface area contributed by atoms with Crippen molar-refractivity contribution in [3.05, 3.63) is 24.3 Å². The molecule has 0 aliphatic heterocycles. The lowest BCUT2D eigenvalue weighted by molar-refractivity contribution is -0.870. The van der Waals surface area contributed by atoms with Gasteiger partial charge in [-0.3, -0.25) is 14.2 Å². The average molecular weight is 688 g/mol. The van der Waals surface area contributed by atoms with E-state index in [0.717, 1.165) is 57.8 Å². The van der Waals surface area contributed by atoms with Crippen LogP contribution < -0.4 is 4.89 Å². The monoisotopic (exact) mass is 687 g/mol. The Labute approximate surface area is 288 Å². The third-order valence-corrected chi connectivity index (χ3v) is 8.69. The van der Waals surface area contributed by atoms with Crippen LogP contribution in [0.2, 0.25) is 0 Å². The van der Waals surface area contributed by atoms with Gasteiger partial charge in [-0.15, -0.1) is 0 Å². The van der Waals surface area contributed by atoms with Gasteiger partial charge in [-0.05, 0) is 44.9 Å². The van der Waals surface area contributed by atoms with Crippen LogP contribution in [0, 0.1) is 0 Å². The highest BCUT2D eigenvalue weighted by Crippen LogP contribution is 2.38. The number of carbonyl (C=O) groups excluding carboxylic acids is 2. The van der Waals surface area contributed by atoms with E-state index >= 15 is 0 Å². The maximum Gasteiger partial charge on any atom is 0.306 e. The third kappa shape index (κ3) is 34.2. The number of esters is 2. The first-order valence-electron chi connectivity index (χ1n) is 18.5. The van der Waals surface area contributed by atoms with Gasteiger partial charge >= 0.3 is 11.9 Å². The molecule has 47 heavy (non-hydrogen) atoms. The maximum absolute atomic E-state index is 12.6. The number of ether oxygens (including phenoxy) is 2. The van der Waals surface area contributed by atoms with Crippen molar-refractivity contribution in [3.8, 4) is 0 Å². The lowest BCUT2D eigenvalue weighted by Gasteiger charge is -2.28. The predicted molar refractivity (Wildman–Crippen MR) is 190 cm³/mol. The molecule has 0 aliphatic rings. The molecule has 0 N–H and O–H groups in total. The van der Waals surface area contributed by atoms with Crippen LogP contribution in [0.5, 0.6) is 0 Å². The lowest BCUT2D eigenvalue weighted by atomic mass is 10.1. The molecule has 2 unspecified atom stereocenters. The Morgan fingerprint density at radius 1 is 0.660 bits per heavy atom. The van der Waals surface area contributed by atoms with Crippen molar-refractivity contribution in [3.63, 3.8) is 0 Å².